The molecule has 0 radical (unpaired) electrons. The van der Waals surface area contributed by atoms with Crippen molar-refractivity contribution in [3.05, 3.63) is 0 Å². The zero-order valence-electron chi connectivity index (χ0n) is 12.7. The van der Waals surface area contributed by atoms with Crippen LogP contribution in [0.15, 0.2) is 0 Å². The highest BCUT2D eigenvalue weighted by atomic mass is 32.5. The van der Waals surface area contributed by atoms with Gasteiger partial charge in [0.25, 0.3) is 0 Å². The van der Waals surface area contributed by atoms with Crippen LogP contribution >= 0.6 is 13.4 Å². The Morgan fingerprint density at radius 3 is 1.09 bits per heavy atom. The highest BCUT2D eigenvalue weighted by Crippen LogP contribution is 2.66. The van der Waals surface area contributed by atoms with Crippen molar-refractivity contribution in [2.75, 3.05) is 26.4 Å². The maximum absolute atomic E-state index is 8.74. The summed E-state index contributed by atoms with van der Waals surface area (Å²) in [6.07, 6.45) is 0. The first-order valence-electron chi connectivity index (χ1n) is 6.14. The molecule has 0 saturated carbocycles. The highest BCUT2D eigenvalue weighted by molar-refractivity contribution is 8.14. The van der Waals surface area contributed by atoms with Gasteiger partial charge in [0, 0.05) is 0 Å². The van der Waals surface area contributed by atoms with E-state index in [0.29, 0.717) is 26.4 Å². The second kappa shape index (κ2) is 12.3. The van der Waals surface area contributed by atoms with E-state index in [2.05, 4.69) is 0 Å². The SMILES string of the molecule is CCOP(=S)(OCC)OP(=S)(OCC)OCC.O=S(=O)(O)O. The van der Waals surface area contributed by atoms with Crippen LogP contribution in [0.4, 0.5) is 0 Å². The summed E-state index contributed by atoms with van der Waals surface area (Å²) in [6.45, 7) is 3.09. The maximum atomic E-state index is 8.74. The minimum Gasteiger partial charge on any atom is -0.309 e. The minimum atomic E-state index is -4.67. The zero-order chi connectivity index (χ0) is 17.9. The van der Waals surface area contributed by atoms with Crippen molar-refractivity contribution in [1.82, 2.24) is 0 Å². The van der Waals surface area contributed by atoms with Crippen molar-refractivity contribution < 1.29 is 39.9 Å². The predicted octanol–water partition coefficient (Wildman–Crippen LogP) is 2.95. The molecule has 136 valence electrons. The van der Waals surface area contributed by atoms with E-state index in [9.17, 15) is 0 Å². The lowest BCUT2D eigenvalue weighted by Crippen LogP contribution is -2.03. The third-order valence-electron chi connectivity index (χ3n) is 1.35. The summed E-state index contributed by atoms with van der Waals surface area (Å²) in [6, 6.07) is 0. The molecule has 0 aliphatic carbocycles. The van der Waals surface area contributed by atoms with Gasteiger partial charge in [0.1, 0.15) is 0 Å². The molecule has 0 saturated heterocycles. The molecule has 0 aromatic heterocycles. The van der Waals surface area contributed by atoms with Crippen LogP contribution in [0.1, 0.15) is 27.7 Å². The molecule has 0 rings (SSSR count). The molecule has 9 nitrogen and oxygen atoms in total. The molecule has 2 N–H and O–H groups in total. The van der Waals surface area contributed by atoms with E-state index in [0.717, 1.165) is 0 Å². The Labute approximate surface area is 141 Å². The Morgan fingerprint density at radius 1 is 0.773 bits per heavy atom. The quantitative estimate of drug-likeness (QED) is 0.401. The van der Waals surface area contributed by atoms with Crippen molar-refractivity contribution in [2.24, 2.45) is 0 Å². The first kappa shape index (κ1) is 25.2. The molecule has 22 heavy (non-hydrogen) atoms. The van der Waals surface area contributed by atoms with E-state index >= 15 is 0 Å². The molecule has 0 bridgehead atoms. The maximum Gasteiger partial charge on any atom is 0.394 e. The van der Waals surface area contributed by atoms with Crippen LogP contribution < -0.4 is 0 Å². The molecular formula is C8H22O9P2S3. The summed E-state index contributed by atoms with van der Waals surface area (Å²) in [4.78, 5) is 0. The molecule has 0 aromatic carbocycles. The van der Waals surface area contributed by atoms with Crippen molar-refractivity contribution in [3.8, 4) is 0 Å². The van der Waals surface area contributed by atoms with Crippen LogP contribution in [-0.2, 0) is 56.4 Å². The summed E-state index contributed by atoms with van der Waals surface area (Å²) in [5.74, 6) is 0. The molecule has 0 aliphatic rings. The fourth-order valence-electron chi connectivity index (χ4n) is 0.924. The van der Waals surface area contributed by atoms with Gasteiger partial charge >= 0.3 is 23.8 Å². The van der Waals surface area contributed by atoms with Gasteiger partial charge in [-0.25, -0.2) is 4.31 Å². The van der Waals surface area contributed by atoms with Crippen molar-refractivity contribution in [3.63, 3.8) is 0 Å². The average molecular weight is 420 g/mol. The van der Waals surface area contributed by atoms with Crippen molar-refractivity contribution in [1.29, 1.82) is 0 Å². The van der Waals surface area contributed by atoms with Crippen LogP contribution in [0.25, 0.3) is 0 Å². The summed E-state index contributed by atoms with van der Waals surface area (Å²) in [5, 5.41) is 0. The Hall–Kier alpha value is 0.970. The molecule has 0 unspecified atom stereocenters. The molecular weight excluding hydrogens is 398 g/mol. The second-order valence-electron chi connectivity index (χ2n) is 3.10. The third-order valence-corrected chi connectivity index (χ3v) is 7.71. The zero-order valence-corrected chi connectivity index (χ0v) is 16.9. The lowest BCUT2D eigenvalue weighted by molar-refractivity contribution is 0.176. The van der Waals surface area contributed by atoms with Crippen LogP contribution in [0.3, 0.4) is 0 Å². The van der Waals surface area contributed by atoms with Gasteiger partial charge in [-0.1, -0.05) is 0 Å². The van der Waals surface area contributed by atoms with Crippen LogP contribution in [-0.4, -0.2) is 44.0 Å². The van der Waals surface area contributed by atoms with E-state index < -0.39 is 23.8 Å². The van der Waals surface area contributed by atoms with Gasteiger partial charge in [-0.2, -0.15) is 8.42 Å². The van der Waals surface area contributed by atoms with Crippen LogP contribution in [0.5, 0.6) is 0 Å². The Kier molecular flexibility index (Phi) is 14.2. The topological polar surface area (TPSA) is 121 Å². The molecule has 0 heterocycles. The normalized spacial score (nSPS) is 12.6. The largest absolute Gasteiger partial charge is 0.394 e. The fraction of sp³-hybridized carbons (Fsp3) is 1.00. The van der Waals surface area contributed by atoms with E-state index in [1.54, 1.807) is 0 Å². The van der Waals surface area contributed by atoms with Crippen LogP contribution in [0.2, 0.25) is 0 Å². The Balaban J connectivity index is 0. The number of rotatable bonds is 10. The summed E-state index contributed by atoms with van der Waals surface area (Å²) >= 11 is 10.4. The fourth-order valence-corrected chi connectivity index (χ4v) is 7.30. The van der Waals surface area contributed by atoms with E-state index in [-0.39, 0.29) is 0 Å². The summed E-state index contributed by atoms with van der Waals surface area (Å²) in [5.41, 5.74) is 0. The van der Waals surface area contributed by atoms with Crippen LogP contribution in [0, 0.1) is 0 Å². The van der Waals surface area contributed by atoms with Gasteiger partial charge in [-0.15, -0.1) is 0 Å². The second-order valence-corrected chi connectivity index (χ2v) is 10.1. The molecule has 0 atom stereocenters. The van der Waals surface area contributed by atoms with Gasteiger partial charge in [-0.05, 0) is 51.3 Å². The number of hydrogen-bond acceptors (Lipinski definition) is 9. The molecule has 0 aliphatic heterocycles. The molecule has 0 amide bonds. The molecule has 0 spiro atoms. The van der Waals surface area contributed by atoms with E-state index in [4.69, 9.17) is 63.5 Å². The van der Waals surface area contributed by atoms with Crippen molar-refractivity contribution in [2.45, 2.75) is 27.7 Å². The molecule has 14 heteroatoms. The third kappa shape index (κ3) is 15.9. The van der Waals surface area contributed by atoms with Crippen molar-refractivity contribution >= 4 is 47.4 Å². The summed E-state index contributed by atoms with van der Waals surface area (Å²) < 4.78 is 58.5. The number of hydrogen-bond donors (Lipinski definition) is 2. The summed E-state index contributed by atoms with van der Waals surface area (Å²) in [7, 11) is -4.67. The first-order valence-corrected chi connectivity index (χ1v) is 12.7. The monoisotopic (exact) mass is 420 g/mol. The van der Waals surface area contributed by atoms with E-state index in [1.807, 2.05) is 27.7 Å². The lowest BCUT2D eigenvalue weighted by atomic mass is 10.9. The average Bonchev–Trinajstić information content (AvgIpc) is 2.26. The molecule has 0 aromatic rings. The van der Waals surface area contributed by atoms with E-state index in [1.165, 1.54) is 0 Å². The molecule has 0 fully saturated rings. The van der Waals surface area contributed by atoms with Gasteiger partial charge in [-0.3, -0.25) is 9.11 Å². The van der Waals surface area contributed by atoms with Gasteiger partial charge in [0.15, 0.2) is 0 Å². The lowest BCUT2D eigenvalue weighted by Gasteiger charge is -2.27. The Morgan fingerprint density at radius 2 is 0.955 bits per heavy atom. The highest BCUT2D eigenvalue weighted by Gasteiger charge is 2.31. The predicted molar refractivity (Wildman–Crippen MR) is 90.3 cm³/mol. The van der Waals surface area contributed by atoms with Gasteiger partial charge < -0.3 is 18.1 Å². The standard InChI is InChI=1S/C8H20O5P2S2.H2O4S/c1-5-9-14(16,10-6-2)13-15(17,11-7-3)12-8-4;1-5(2,3)4/h5-8H2,1-4H3;(H2,1,2,3,4). The first-order chi connectivity index (χ1) is 9.95. The van der Waals surface area contributed by atoms with Gasteiger partial charge in [0.05, 0.1) is 26.4 Å². The minimum absolute atomic E-state index is 0.394. The Bertz CT molecular complexity index is 425. The van der Waals surface area contributed by atoms with Gasteiger partial charge in [0.2, 0.25) is 0 Å². The smallest absolute Gasteiger partial charge is 0.309 e.